The fraction of sp³-hybridized carbons (Fsp3) is 0.0800. The zero-order valence-electron chi connectivity index (χ0n) is 16.2. The number of aromatic amines is 2. The molecule has 0 saturated heterocycles. The van der Waals surface area contributed by atoms with E-state index in [0.717, 1.165) is 37.4 Å². The number of benzene rings is 3. The van der Waals surface area contributed by atoms with Gasteiger partial charge in [0.1, 0.15) is 0 Å². The molecule has 2 N–H and O–H groups in total. The first kappa shape index (κ1) is 18.7. The number of nitrogens with zero attached hydrogens (tertiary/aromatic N) is 1. The molecule has 5 heteroatoms. The lowest BCUT2D eigenvalue weighted by Gasteiger charge is -2.24. The Hall–Kier alpha value is -3.31. The number of hydrogen-bond acceptors (Lipinski definition) is 1. The van der Waals surface area contributed by atoms with Crippen molar-refractivity contribution in [1.82, 2.24) is 14.9 Å². The topological polar surface area (TPSA) is 51.9 Å². The fourth-order valence-electron chi connectivity index (χ4n) is 3.99. The molecule has 0 fully saturated rings. The first-order valence-corrected chi connectivity index (χ1v) is 10.6. The maximum Gasteiger partial charge on any atom is 0.255 e. The SMILES string of the molecule is O=C(c1ccccc1Br)N(Cc1cccc2[nH]ccc12)Cc1cccc2[nH]ccc12. The van der Waals surface area contributed by atoms with Gasteiger partial charge < -0.3 is 14.9 Å². The monoisotopic (exact) mass is 457 g/mol. The molecule has 0 bridgehead atoms. The average Bonchev–Trinajstić information content (AvgIpc) is 3.43. The number of H-pyrrole nitrogens is 2. The Labute approximate surface area is 182 Å². The number of nitrogens with one attached hydrogen (secondary N) is 2. The van der Waals surface area contributed by atoms with Crippen LogP contribution in [0.4, 0.5) is 0 Å². The molecule has 0 unspecified atom stereocenters. The highest BCUT2D eigenvalue weighted by molar-refractivity contribution is 9.10. The quantitative estimate of drug-likeness (QED) is 0.321. The van der Waals surface area contributed by atoms with Crippen molar-refractivity contribution in [2.75, 3.05) is 0 Å². The summed E-state index contributed by atoms with van der Waals surface area (Å²) >= 11 is 3.55. The molecular formula is C25H20BrN3O. The second-order valence-corrected chi connectivity index (χ2v) is 8.21. The van der Waals surface area contributed by atoms with E-state index < -0.39 is 0 Å². The van der Waals surface area contributed by atoms with E-state index >= 15 is 0 Å². The fourth-order valence-corrected chi connectivity index (χ4v) is 4.45. The van der Waals surface area contributed by atoms with Crippen molar-refractivity contribution in [2.45, 2.75) is 13.1 Å². The maximum absolute atomic E-state index is 13.6. The highest BCUT2D eigenvalue weighted by Gasteiger charge is 2.20. The van der Waals surface area contributed by atoms with Crippen LogP contribution in [0.15, 0.2) is 89.7 Å². The van der Waals surface area contributed by atoms with Crippen molar-refractivity contribution in [1.29, 1.82) is 0 Å². The molecule has 30 heavy (non-hydrogen) atoms. The average molecular weight is 458 g/mol. The zero-order chi connectivity index (χ0) is 20.5. The molecule has 2 aromatic heterocycles. The maximum atomic E-state index is 13.6. The minimum absolute atomic E-state index is 0.00236. The van der Waals surface area contributed by atoms with E-state index in [1.165, 1.54) is 0 Å². The molecule has 0 aliphatic rings. The molecule has 0 aliphatic carbocycles. The van der Waals surface area contributed by atoms with Crippen molar-refractivity contribution in [3.05, 3.63) is 106 Å². The van der Waals surface area contributed by atoms with E-state index in [1.807, 2.05) is 53.7 Å². The summed E-state index contributed by atoms with van der Waals surface area (Å²) < 4.78 is 0.805. The largest absolute Gasteiger partial charge is 0.361 e. The van der Waals surface area contributed by atoms with Crippen LogP contribution < -0.4 is 0 Å². The molecule has 2 heterocycles. The van der Waals surface area contributed by atoms with Crippen LogP contribution in [-0.4, -0.2) is 20.8 Å². The van der Waals surface area contributed by atoms with Gasteiger partial charge in [0.05, 0.1) is 5.56 Å². The van der Waals surface area contributed by atoms with E-state index in [4.69, 9.17) is 0 Å². The standard InChI is InChI=1S/C25H20BrN3O/c26-22-8-2-1-7-21(22)25(30)29(15-17-5-3-9-23-19(17)11-13-27-23)16-18-6-4-10-24-20(18)12-14-28-24/h1-14,27-28H,15-16H2. The molecule has 0 radical (unpaired) electrons. The summed E-state index contributed by atoms with van der Waals surface area (Å²) in [4.78, 5) is 22.0. The molecule has 148 valence electrons. The van der Waals surface area contributed by atoms with Crippen LogP contribution >= 0.6 is 15.9 Å². The number of carbonyl (C=O) groups is 1. The molecular weight excluding hydrogens is 438 g/mol. The Balaban J connectivity index is 1.56. The highest BCUT2D eigenvalue weighted by atomic mass is 79.9. The van der Waals surface area contributed by atoms with Crippen molar-refractivity contribution in [3.8, 4) is 0 Å². The van der Waals surface area contributed by atoms with Crippen LogP contribution in [0.25, 0.3) is 21.8 Å². The Kier molecular flexibility index (Phi) is 4.89. The van der Waals surface area contributed by atoms with Gasteiger partial charge in [0.2, 0.25) is 0 Å². The van der Waals surface area contributed by atoms with Crippen LogP contribution in [0.1, 0.15) is 21.5 Å². The van der Waals surface area contributed by atoms with Gasteiger partial charge in [-0.1, -0.05) is 36.4 Å². The smallest absolute Gasteiger partial charge is 0.255 e. The second kappa shape index (κ2) is 7.84. The lowest BCUT2D eigenvalue weighted by molar-refractivity contribution is 0.0730. The number of hydrogen-bond donors (Lipinski definition) is 2. The van der Waals surface area contributed by atoms with Gasteiger partial charge in [-0.15, -0.1) is 0 Å². The molecule has 5 rings (SSSR count). The predicted octanol–water partition coefficient (Wildman–Crippen LogP) is 6.25. The molecule has 5 aromatic rings. The Morgan fingerprint density at radius 2 is 1.30 bits per heavy atom. The third-order valence-corrected chi connectivity index (χ3v) is 6.18. The summed E-state index contributed by atoms with van der Waals surface area (Å²) in [6, 6.07) is 24.1. The molecule has 0 saturated carbocycles. The Bertz CT molecular complexity index is 1270. The number of halogens is 1. The number of carbonyl (C=O) groups excluding carboxylic acids is 1. The van der Waals surface area contributed by atoms with E-state index in [2.05, 4.69) is 62.3 Å². The number of rotatable bonds is 5. The van der Waals surface area contributed by atoms with Crippen LogP contribution in [-0.2, 0) is 13.1 Å². The molecule has 4 nitrogen and oxygen atoms in total. The van der Waals surface area contributed by atoms with Crippen molar-refractivity contribution < 1.29 is 4.79 Å². The summed E-state index contributed by atoms with van der Waals surface area (Å²) in [6.07, 6.45) is 3.88. The second-order valence-electron chi connectivity index (χ2n) is 7.35. The summed E-state index contributed by atoms with van der Waals surface area (Å²) in [5, 5.41) is 2.28. The lowest BCUT2D eigenvalue weighted by atomic mass is 10.1. The first-order chi connectivity index (χ1) is 14.7. The van der Waals surface area contributed by atoms with E-state index in [0.29, 0.717) is 18.7 Å². The lowest BCUT2D eigenvalue weighted by Crippen LogP contribution is -2.30. The van der Waals surface area contributed by atoms with Gasteiger partial charge >= 0.3 is 0 Å². The summed E-state index contributed by atoms with van der Waals surface area (Å²) in [6.45, 7) is 1.05. The Morgan fingerprint density at radius 3 is 1.87 bits per heavy atom. The molecule has 0 atom stereocenters. The molecule has 1 amide bonds. The number of aromatic nitrogens is 2. The van der Waals surface area contributed by atoms with Crippen molar-refractivity contribution >= 4 is 43.6 Å². The van der Waals surface area contributed by atoms with Crippen LogP contribution in [0.2, 0.25) is 0 Å². The van der Waals surface area contributed by atoms with Gasteiger partial charge in [0.25, 0.3) is 5.91 Å². The number of amides is 1. The van der Waals surface area contributed by atoms with E-state index in [1.54, 1.807) is 0 Å². The normalized spacial score (nSPS) is 11.2. The van der Waals surface area contributed by atoms with Crippen molar-refractivity contribution in [3.63, 3.8) is 0 Å². The molecule has 0 spiro atoms. The van der Waals surface area contributed by atoms with Crippen LogP contribution in [0.3, 0.4) is 0 Å². The van der Waals surface area contributed by atoms with Gasteiger partial charge in [-0.3, -0.25) is 4.79 Å². The van der Waals surface area contributed by atoms with Crippen molar-refractivity contribution in [2.24, 2.45) is 0 Å². The highest BCUT2D eigenvalue weighted by Crippen LogP contribution is 2.26. The minimum Gasteiger partial charge on any atom is -0.361 e. The minimum atomic E-state index is 0.00236. The molecule has 0 aliphatic heterocycles. The molecule has 3 aromatic carbocycles. The number of fused-ring (bicyclic) bond motifs is 2. The third kappa shape index (κ3) is 3.42. The summed E-state index contributed by atoms with van der Waals surface area (Å²) in [7, 11) is 0. The summed E-state index contributed by atoms with van der Waals surface area (Å²) in [5.41, 5.74) is 5.06. The van der Waals surface area contributed by atoms with Crippen LogP contribution in [0.5, 0.6) is 0 Å². The third-order valence-electron chi connectivity index (χ3n) is 5.48. The van der Waals surface area contributed by atoms with Gasteiger partial charge in [-0.25, -0.2) is 0 Å². The van der Waals surface area contributed by atoms with Gasteiger partial charge in [-0.05, 0) is 63.5 Å². The first-order valence-electron chi connectivity index (χ1n) is 9.84. The zero-order valence-corrected chi connectivity index (χ0v) is 17.8. The van der Waals surface area contributed by atoms with Gasteiger partial charge in [-0.2, -0.15) is 0 Å². The predicted molar refractivity (Wildman–Crippen MR) is 124 cm³/mol. The summed E-state index contributed by atoms with van der Waals surface area (Å²) in [5.74, 6) is 0.00236. The van der Waals surface area contributed by atoms with E-state index in [-0.39, 0.29) is 5.91 Å². The van der Waals surface area contributed by atoms with E-state index in [9.17, 15) is 4.79 Å². The van der Waals surface area contributed by atoms with Gasteiger partial charge in [0.15, 0.2) is 0 Å². The van der Waals surface area contributed by atoms with Crippen LogP contribution in [0, 0.1) is 0 Å². The Morgan fingerprint density at radius 1 is 0.733 bits per heavy atom. The van der Waals surface area contributed by atoms with Gasteiger partial charge in [0, 0.05) is 51.8 Å².